The van der Waals surface area contributed by atoms with Crippen molar-refractivity contribution in [3.63, 3.8) is 0 Å². The van der Waals surface area contributed by atoms with E-state index in [1.165, 1.54) is 6.42 Å². The standard InChI is InChI=1S/C18H35N3O2/c1-15(2)16(21-11-9-20(3)10-12-21)14-19-17(22)13-18(23)7-5-4-6-8-18/h15-16,23H,4-14H2,1-3H3,(H,19,22). The monoisotopic (exact) mass is 325 g/mol. The summed E-state index contributed by atoms with van der Waals surface area (Å²) in [7, 11) is 2.16. The number of amides is 1. The molecule has 1 aliphatic carbocycles. The van der Waals surface area contributed by atoms with Crippen LogP contribution in [0.5, 0.6) is 0 Å². The average Bonchev–Trinajstić information content (AvgIpc) is 2.49. The molecule has 2 fully saturated rings. The van der Waals surface area contributed by atoms with Crippen LogP contribution in [0.3, 0.4) is 0 Å². The van der Waals surface area contributed by atoms with E-state index in [1.54, 1.807) is 0 Å². The number of nitrogens with one attached hydrogen (secondary N) is 1. The van der Waals surface area contributed by atoms with E-state index in [9.17, 15) is 9.90 Å². The van der Waals surface area contributed by atoms with Crippen molar-refractivity contribution in [1.29, 1.82) is 0 Å². The van der Waals surface area contributed by atoms with Gasteiger partial charge in [0.25, 0.3) is 0 Å². The molecule has 2 N–H and O–H groups in total. The Balaban J connectivity index is 1.80. The number of carbonyl (C=O) groups is 1. The highest BCUT2D eigenvalue weighted by atomic mass is 16.3. The van der Waals surface area contributed by atoms with Gasteiger partial charge in [-0.2, -0.15) is 0 Å². The van der Waals surface area contributed by atoms with Gasteiger partial charge in [-0.15, -0.1) is 0 Å². The zero-order chi connectivity index (χ0) is 16.9. The number of nitrogens with zero attached hydrogens (tertiary/aromatic N) is 2. The SMILES string of the molecule is CC(C)C(CNC(=O)CC1(O)CCCCC1)N1CCN(C)CC1. The molecule has 2 rings (SSSR count). The van der Waals surface area contributed by atoms with E-state index in [-0.39, 0.29) is 12.3 Å². The smallest absolute Gasteiger partial charge is 0.222 e. The Morgan fingerprint density at radius 1 is 1.13 bits per heavy atom. The summed E-state index contributed by atoms with van der Waals surface area (Å²) in [6.07, 6.45) is 5.07. The Morgan fingerprint density at radius 2 is 1.74 bits per heavy atom. The number of likely N-dealkylation sites (N-methyl/N-ethyl adjacent to an activating group) is 1. The summed E-state index contributed by atoms with van der Waals surface area (Å²) in [5.74, 6) is 0.519. The van der Waals surface area contributed by atoms with E-state index in [0.29, 0.717) is 18.5 Å². The number of hydrogen-bond acceptors (Lipinski definition) is 4. The van der Waals surface area contributed by atoms with Crippen LogP contribution in [0.2, 0.25) is 0 Å². The highest BCUT2D eigenvalue weighted by molar-refractivity contribution is 5.77. The molecule has 1 amide bonds. The maximum atomic E-state index is 12.3. The van der Waals surface area contributed by atoms with Crippen molar-refractivity contribution in [2.75, 3.05) is 39.8 Å². The highest BCUT2D eigenvalue weighted by Gasteiger charge is 2.32. The fourth-order valence-electron chi connectivity index (χ4n) is 3.91. The summed E-state index contributed by atoms with van der Waals surface area (Å²) in [5, 5.41) is 13.6. The molecule has 0 bridgehead atoms. The summed E-state index contributed by atoms with van der Waals surface area (Å²) in [6.45, 7) is 9.47. The summed E-state index contributed by atoms with van der Waals surface area (Å²) in [6, 6.07) is 0.383. The normalized spacial score (nSPS) is 24.6. The van der Waals surface area contributed by atoms with Crippen LogP contribution in [0.4, 0.5) is 0 Å². The lowest BCUT2D eigenvalue weighted by Crippen LogP contribution is -2.54. The van der Waals surface area contributed by atoms with Crippen LogP contribution in [-0.4, -0.2) is 72.2 Å². The molecule has 5 heteroatoms. The van der Waals surface area contributed by atoms with Gasteiger partial charge in [-0.25, -0.2) is 0 Å². The molecule has 0 aromatic carbocycles. The Labute approximate surface area is 141 Å². The number of piperazine rings is 1. The molecular weight excluding hydrogens is 290 g/mol. The molecule has 1 unspecified atom stereocenters. The van der Waals surface area contributed by atoms with Gasteiger partial charge in [0.1, 0.15) is 0 Å². The molecule has 1 aliphatic heterocycles. The zero-order valence-electron chi connectivity index (χ0n) is 15.2. The summed E-state index contributed by atoms with van der Waals surface area (Å²) < 4.78 is 0. The van der Waals surface area contributed by atoms with E-state index in [1.807, 2.05) is 0 Å². The minimum atomic E-state index is -0.760. The Bertz CT molecular complexity index is 372. The molecule has 5 nitrogen and oxygen atoms in total. The lowest BCUT2D eigenvalue weighted by molar-refractivity contribution is -0.127. The van der Waals surface area contributed by atoms with E-state index in [2.05, 4.69) is 36.0 Å². The molecule has 23 heavy (non-hydrogen) atoms. The van der Waals surface area contributed by atoms with Crippen LogP contribution in [0.25, 0.3) is 0 Å². The van der Waals surface area contributed by atoms with Gasteiger partial charge >= 0.3 is 0 Å². The van der Waals surface area contributed by atoms with E-state index in [0.717, 1.165) is 51.9 Å². The third-order valence-electron chi connectivity index (χ3n) is 5.56. The first-order valence-electron chi connectivity index (χ1n) is 9.31. The third kappa shape index (κ3) is 5.73. The Hall–Kier alpha value is -0.650. The molecule has 1 atom stereocenters. The molecule has 0 spiro atoms. The van der Waals surface area contributed by atoms with Crippen molar-refractivity contribution in [2.24, 2.45) is 5.92 Å². The number of carbonyl (C=O) groups excluding carboxylic acids is 1. The average molecular weight is 325 g/mol. The minimum Gasteiger partial charge on any atom is -0.389 e. The van der Waals surface area contributed by atoms with E-state index in [4.69, 9.17) is 0 Å². The second-order valence-corrected chi connectivity index (χ2v) is 7.92. The lowest BCUT2D eigenvalue weighted by Gasteiger charge is -2.40. The summed E-state index contributed by atoms with van der Waals surface area (Å²) in [5.41, 5.74) is -0.760. The maximum Gasteiger partial charge on any atom is 0.222 e. The van der Waals surface area contributed by atoms with Crippen molar-refractivity contribution in [3.05, 3.63) is 0 Å². The van der Waals surface area contributed by atoms with Crippen molar-refractivity contribution in [1.82, 2.24) is 15.1 Å². The topological polar surface area (TPSA) is 55.8 Å². The van der Waals surface area contributed by atoms with Gasteiger partial charge in [0.15, 0.2) is 0 Å². The van der Waals surface area contributed by atoms with Gasteiger partial charge < -0.3 is 15.3 Å². The molecule has 0 aromatic heterocycles. The molecule has 0 aromatic rings. The van der Waals surface area contributed by atoms with Crippen molar-refractivity contribution < 1.29 is 9.90 Å². The molecule has 2 aliphatic rings. The van der Waals surface area contributed by atoms with Gasteiger partial charge in [0, 0.05) is 38.8 Å². The first kappa shape index (κ1) is 18.7. The molecule has 0 radical (unpaired) electrons. The fraction of sp³-hybridized carbons (Fsp3) is 0.944. The Kier molecular flexibility index (Phi) is 6.86. The second-order valence-electron chi connectivity index (χ2n) is 7.92. The van der Waals surface area contributed by atoms with E-state index >= 15 is 0 Å². The first-order valence-corrected chi connectivity index (χ1v) is 9.31. The summed E-state index contributed by atoms with van der Waals surface area (Å²) >= 11 is 0. The predicted molar refractivity (Wildman–Crippen MR) is 93.4 cm³/mol. The minimum absolute atomic E-state index is 0.00850. The lowest BCUT2D eigenvalue weighted by atomic mass is 9.82. The number of hydrogen-bond donors (Lipinski definition) is 2. The van der Waals surface area contributed by atoms with Gasteiger partial charge in [-0.05, 0) is 25.8 Å². The molecule has 1 saturated carbocycles. The largest absolute Gasteiger partial charge is 0.389 e. The molecule has 134 valence electrons. The highest BCUT2D eigenvalue weighted by Crippen LogP contribution is 2.30. The Morgan fingerprint density at radius 3 is 2.30 bits per heavy atom. The van der Waals surface area contributed by atoms with Crippen molar-refractivity contribution >= 4 is 5.91 Å². The van der Waals surface area contributed by atoms with Crippen LogP contribution < -0.4 is 5.32 Å². The maximum absolute atomic E-state index is 12.3. The van der Waals surface area contributed by atoms with Crippen LogP contribution >= 0.6 is 0 Å². The second kappa shape index (κ2) is 8.45. The van der Waals surface area contributed by atoms with Gasteiger partial charge in [0.2, 0.25) is 5.91 Å². The quantitative estimate of drug-likeness (QED) is 0.776. The summed E-state index contributed by atoms with van der Waals surface area (Å²) in [4.78, 5) is 17.1. The predicted octanol–water partition coefficient (Wildman–Crippen LogP) is 1.46. The van der Waals surface area contributed by atoms with Gasteiger partial charge in [0.05, 0.1) is 12.0 Å². The third-order valence-corrected chi connectivity index (χ3v) is 5.56. The van der Waals surface area contributed by atoms with Crippen LogP contribution in [0.1, 0.15) is 52.4 Å². The van der Waals surface area contributed by atoms with Crippen LogP contribution in [0, 0.1) is 5.92 Å². The van der Waals surface area contributed by atoms with Crippen LogP contribution in [-0.2, 0) is 4.79 Å². The fourth-order valence-corrected chi connectivity index (χ4v) is 3.91. The van der Waals surface area contributed by atoms with E-state index < -0.39 is 5.60 Å². The van der Waals surface area contributed by atoms with Crippen molar-refractivity contribution in [3.8, 4) is 0 Å². The van der Waals surface area contributed by atoms with Gasteiger partial charge in [-0.3, -0.25) is 9.69 Å². The van der Waals surface area contributed by atoms with Crippen LogP contribution in [0.15, 0.2) is 0 Å². The molecular formula is C18H35N3O2. The molecule has 1 heterocycles. The number of rotatable bonds is 6. The zero-order valence-corrected chi connectivity index (χ0v) is 15.2. The first-order chi connectivity index (χ1) is 10.9. The van der Waals surface area contributed by atoms with Gasteiger partial charge in [-0.1, -0.05) is 33.1 Å². The molecule has 1 saturated heterocycles. The van der Waals surface area contributed by atoms with Crippen molar-refractivity contribution in [2.45, 2.75) is 64.0 Å². The number of aliphatic hydroxyl groups is 1.